The first-order valence-electron chi connectivity index (χ1n) is 5.71. The van der Waals surface area contributed by atoms with E-state index in [1.165, 1.54) is 0 Å². The molecule has 0 unspecified atom stereocenters. The quantitative estimate of drug-likeness (QED) is 0.608. The Bertz CT molecular complexity index is 161. The second kappa shape index (κ2) is 5.69. The van der Waals surface area contributed by atoms with E-state index in [9.17, 15) is 5.11 Å². The van der Waals surface area contributed by atoms with Crippen molar-refractivity contribution < 1.29 is 5.11 Å². The lowest BCUT2D eigenvalue weighted by Crippen LogP contribution is -2.36. The molecule has 0 aromatic heterocycles. The molecule has 0 aliphatic carbocycles. The van der Waals surface area contributed by atoms with Crippen LogP contribution in [-0.4, -0.2) is 37.4 Å². The maximum absolute atomic E-state index is 9.88. The number of nitrogens with one attached hydrogen (secondary N) is 2. The highest BCUT2D eigenvalue weighted by molar-refractivity contribution is 4.87. The molecule has 14 heavy (non-hydrogen) atoms. The summed E-state index contributed by atoms with van der Waals surface area (Å²) < 4.78 is 0. The minimum Gasteiger partial charge on any atom is -0.391 e. The maximum Gasteiger partial charge on any atom is 0.0705 e. The summed E-state index contributed by atoms with van der Waals surface area (Å²) in [5.74, 6) is 1.47. The number of hydrogen-bond acceptors (Lipinski definition) is 3. The van der Waals surface area contributed by atoms with Crippen LogP contribution in [0.3, 0.4) is 0 Å². The summed E-state index contributed by atoms with van der Waals surface area (Å²) in [6.45, 7) is 6.48. The molecule has 0 amide bonds. The van der Waals surface area contributed by atoms with Crippen LogP contribution in [0.15, 0.2) is 0 Å². The van der Waals surface area contributed by atoms with Crippen LogP contribution in [0.25, 0.3) is 0 Å². The van der Waals surface area contributed by atoms with Crippen LogP contribution in [0.5, 0.6) is 0 Å². The smallest absolute Gasteiger partial charge is 0.0705 e. The van der Waals surface area contributed by atoms with E-state index in [2.05, 4.69) is 24.5 Å². The highest BCUT2D eigenvalue weighted by atomic mass is 16.3. The number of aliphatic hydroxyl groups is 1. The van der Waals surface area contributed by atoms with Crippen LogP contribution < -0.4 is 10.6 Å². The molecule has 0 radical (unpaired) electrons. The summed E-state index contributed by atoms with van der Waals surface area (Å²) in [6, 6.07) is 0.316. The van der Waals surface area contributed by atoms with Crippen LogP contribution in [0.4, 0.5) is 0 Å². The molecule has 1 fully saturated rings. The van der Waals surface area contributed by atoms with Gasteiger partial charge in [0.1, 0.15) is 0 Å². The third kappa shape index (κ3) is 3.23. The van der Waals surface area contributed by atoms with Crippen molar-refractivity contribution >= 4 is 0 Å². The zero-order valence-corrected chi connectivity index (χ0v) is 9.59. The summed E-state index contributed by atoms with van der Waals surface area (Å²) in [6.07, 6.45) is 1.79. The van der Waals surface area contributed by atoms with Crippen LogP contribution in [0, 0.1) is 11.8 Å². The van der Waals surface area contributed by atoms with Gasteiger partial charge in [-0.05, 0) is 44.8 Å². The van der Waals surface area contributed by atoms with Crippen molar-refractivity contribution in [1.82, 2.24) is 10.6 Å². The average molecular weight is 200 g/mol. The first-order valence-corrected chi connectivity index (χ1v) is 5.71. The molecule has 1 aliphatic rings. The highest BCUT2D eigenvalue weighted by Gasteiger charge is 2.30. The minimum atomic E-state index is -0.189. The van der Waals surface area contributed by atoms with Gasteiger partial charge in [-0.2, -0.15) is 0 Å². The van der Waals surface area contributed by atoms with Crippen LogP contribution in [0.1, 0.15) is 26.7 Å². The molecule has 0 bridgehead atoms. The third-order valence-electron chi connectivity index (χ3n) is 3.30. The highest BCUT2D eigenvalue weighted by Crippen LogP contribution is 2.24. The molecule has 1 saturated heterocycles. The van der Waals surface area contributed by atoms with E-state index >= 15 is 0 Å². The number of aliphatic hydroxyl groups excluding tert-OH is 1. The first-order chi connectivity index (χ1) is 6.65. The lowest BCUT2D eigenvalue weighted by Gasteiger charge is -2.18. The zero-order valence-electron chi connectivity index (χ0n) is 9.59. The molecule has 3 heteroatoms. The lowest BCUT2D eigenvalue weighted by molar-refractivity contribution is 0.124. The van der Waals surface area contributed by atoms with E-state index in [-0.39, 0.29) is 6.10 Å². The average Bonchev–Trinajstić information content (AvgIpc) is 2.62. The molecule has 3 atom stereocenters. The molecule has 1 rings (SSSR count). The predicted octanol–water partition coefficient (Wildman–Crippen LogP) is 0.591. The first kappa shape index (κ1) is 12.0. The monoisotopic (exact) mass is 200 g/mol. The summed E-state index contributed by atoms with van der Waals surface area (Å²) in [4.78, 5) is 0. The van der Waals surface area contributed by atoms with Gasteiger partial charge < -0.3 is 15.7 Å². The fourth-order valence-electron chi connectivity index (χ4n) is 2.09. The molecule has 0 aromatic carbocycles. The Morgan fingerprint density at radius 2 is 2.21 bits per heavy atom. The Hall–Kier alpha value is -0.120. The molecule has 3 N–H and O–H groups in total. The van der Waals surface area contributed by atoms with E-state index in [1.807, 2.05) is 7.05 Å². The van der Waals surface area contributed by atoms with E-state index < -0.39 is 0 Å². The minimum absolute atomic E-state index is 0.189. The van der Waals surface area contributed by atoms with Crippen molar-refractivity contribution in [2.24, 2.45) is 11.8 Å². The van der Waals surface area contributed by atoms with Gasteiger partial charge in [0.25, 0.3) is 0 Å². The van der Waals surface area contributed by atoms with Gasteiger partial charge in [0.15, 0.2) is 0 Å². The van der Waals surface area contributed by atoms with Gasteiger partial charge in [0, 0.05) is 6.04 Å². The summed E-state index contributed by atoms with van der Waals surface area (Å²) in [5.41, 5.74) is 0. The summed E-state index contributed by atoms with van der Waals surface area (Å²) >= 11 is 0. The molecule has 84 valence electrons. The molecule has 0 aromatic rings. The Kier molecular flexibility index (Phi) is 4.85. The largest absolute Gasteiger partial charge is 0.391 e. The van der Waals surface area contributed by atoms with Crippen molar-refractivity contribution in [3.8, 4) is 0 Å². The van der Waals surface area contributed by atoms with Gasteiger partial charge in [-0.3, -0.25) is 0 Å². The lowest BCUT2D eigenvalue weighted by atomic mass is 9.91. The van der Waals surface area contributed by atoms with Crippen molar-refractivity contribution in [2.75, 3.05) is 20.1 Å². The van der Waals surface area contributed by atoms with E-state index in [0.717, 1.165) is 37.8 Å². The fourth-order valence-corrected chi connectivity index (χ4v) is 2.09. The Morgan fingerprint density at radius 1 is 1.50 bits per heavy atom. The Labute approximate surface area is 87.3 Å². The Balaban J connectivity index is 2.26. The number of hydrogen-bond donors (Lipinski definition) is 3. The summed E-state index contributed by atoms with van der Waals surface area (Å²) in [7, 11) is 1.92. The Morgan fingerprint density at radius 3 is 2.71 bits per heavy atom. The molecule has 1 heterocycles. The van der Waals surface area contributed by atoms with E-state index in [1.54, 1.807) is 0 Å². The van der Waals surface area contributed by atoms with E-state index in [4.69, 9.17) is 0 Å². The van der Waals surface area contributed by atoms with Gasteiger partial charge in [-0.15, -0.1) is 0 Å². The van der Waals surface area contributed by atoms with Gasteiger partial charge in [0.2, 0.25) is 0 Å². The molecule has 1 aliphatic heterocycles. The maximum atomic E-state index is 9.88. The standard InChI is InChI=1S/C11H24N2O/c1-8(2)9-6-10(13-7-9)11(14)4-5-12-3/h8-14H,4-7H2,1-3H3/t9-,10-,11+/m0/s1. The zero-order chi connectivity index (χ0) is 10.6. The van der Waals surface area contributed by atoms with Gasteiger partial charge in [-0.25, -0.2) is 0 Å². The second-order valence-electron chi connectivity index (χ2n) is 4.71. The van der Waals surface area contributed by atoms with Crippen molar-refractivity contribution in [3.05, 3.63) is 0 Å². The predicted molar refractivity (Wildman–Crippen MR) is 59.3 cm³/mol. The van der Waals surface area contributed by atoms with Crippen LogP contribution >= 0.6 is 0 Å². The fraction of sp³-hybridized carbons (Fsp3) is 1.00. The summed E-state index contributed by atoms with van der Waals surface area (Å²) in [5, 5.41) is 16.4. The molecule has 0 spiro atoms. The van der Waals surface area contributed by atoms with E-state index in [0.29, 0.717) is 6.04 Å². The van der Waals surface area contributed by atoms with Crippen molar-refractivity contribution in [2.45, 2.75) is 38.8 Å². The van der Waals surface area contributed by atoms with Crippen molar-refractivity contribution in [3.63, 3.8) is 0 Å². The number of rotatable bonds is 5. The SMILES string of the molecule is CNCC[C@@H](O)[C@@H]1C[C@H](C(C)C)CN1. The van der Waals surface area contributed by atoms with Crippen LogP contribution in [-0.2, 0) is 0 Å². The molecular formula is C11H24N2O. The van der Waals surface area contributed by atoms with Crippen molar-refractivity contribution in [1.29, 1.82) is 0 Å². The topological polar surface area (TPSA) is 44.3 Å². The van der Waals surface area contributed by atoms with Crippen LogP contribution in [0.2, 0.25) is 0 Å². The second-order valence-corrected chi connectivity index (χ2v) is 4.71. The third-order valence-corrected chi connectivity index (χ3v) is 3.30. The molecule has 3 nitrogen and oxygen atoms in total. The molecular weight excluding hydrogens is 176 g/mol. The van der Waals surface area contributed by atoms with Gasteiger partial charge >= 0.3 is 0 Å². The normalized spacial score (nSPS) is 29.8. The van der Waals surface area contributed by atoms with Gasteiger partial charge in [0.05, 0.1) is 6.10 Å². The van der Waals surface area contributed by atoms with Gasteiger partial charge in [-0.1, -0.05) is 13.8 Å². The molecule has 0 saturated carbocycles.